The van der Waals surface area contributed by atoms with Crippen molar-refractivity contribution in [1.29, 1.82) is 0 Å². The topological polar surface area (TPSA) is 42.4 Å². The van der Waals surface area contributed by atoms with Gasteiger partial charge in [0.15, 0.2) is 5.13 Å². The van der Waals surface area contributed by atoms with E-state index in [0.717, 1.165) is 52.0 Å². The van der Waals surface area contributed by atoms with Gasteiger partial charge in [-0.25, -0.2) is 4.98 Å². The molecule has 0 saturated carbocycles. The molecule has 4 nitrogen and oxygen atoms in total. The summed E-state index contributed by atoms with van der Waals surface area (Å²) in [5.41, 5.74) is 2.15. The van der Waals surface area contributed by atoms with Crippen LogP contribution >= 0.6 is 34.7 Å². The number of aromatic nitrogens is 1. The molecule has 2 heterocycles. The maximum atomic E-state index is 13.1. The van der Waals surface area contributed by atoms with Crippen molar-refractivity contribution in [2.75, 3.05) is 23.8 Å². The first-order valence-electron chi connectivity index (χ1n) is 10.3. The molecule has 1 saturated heterocycles. The van der Waals surface area contributed by atoms with E-state index in [-0.39, 0.29) is 12.0 Å². The minimum atomic E-state index is 0.103. The molecule has 0 aliphatic carbocycles. The molecular weight excluding hydrogens is 436 g/mol. The molecule has 3 aromatic rings. The molecule has 2 aromatic carbocycles. The van der Waals surface area contributed by atoms with Gasteiger partial charge in [-0.2, -0.15) is 0 Å². The Bertz CT molecular complexity index is 1000. The summed E-state index contributed by atoms with van der Waals surface area (Å²) in [6.45, 7) is 3.44. The first-order chi connectivity index (χ1) is 14.6. The molecule has 30 heavy (non-hydrogen) atoms. The van der Waals surface area contributed by atoms with Gasteiger partial charge in [0.2, 0.25) is 5.91 Å². The van der Waals surface area contributed by atoms with Gasteiger partial charge in [0.1, 0.15) is 0 Å². The molecule has 7 heteroatoms. The SMILES string of the molecule is Cc1ccc2nc(N(CC3CCCO3)C(=O)CCCSc3ccc(Cl)cc3)sc2c1. The number of thioether (sulfide) groups is 1. The summed E-state index contributed by atoms with van der Waals surface area (Å²) < 4.78 is 6.93. The number of nitrogens with zero attached hydrogens (tertiary/aromatic N) is 2. The highest BCUT2D eigenvalue weighted by molar-refractivity contribution is 7.99. The van der Waals surface area contributed by atoms with Gasteiger partial charge < -0.3 is 4.74 Å². The third-order valence-corrected chi connectivity index (χ3v) is 7.48. The van der Waals surface area contributed by atoms with Gasteiger partial charge in [0.25, 0.3) is 0 Å². The van der Waals surface area contributed by atoms with Crippen molar-refractivity contribution in [1.82, 2.24) is 4.98 Å². The molecule has 4 rings (SSSR count). The number of carbonyl (C=O) groups is 1. The van der Waals surface area contributed by atoms with Crippen molar-refractivity contribution in [2.24, 2.45) is 0 Å². The monoisotopic (exact) mass is 460 g/mol. The zero-order valence-electron chi connectivity index (χ0n) is 17.0. The highest BCUT2D eigenvalue weighted by atomic mass is 35.5. The van der Waals surface area contributed by atoms with Gasteiger partial charge in [-0.15, -0.1) is 11.8 Å². The van der Waals surface area contributed by atoms with Crippen LogP contribution in [-0.2, 0) is 9.53 Å². The summed E-state index contributed by atoms with van der Waals surface area (Å²) in [5.74, 6) is 1.01. The van der Waals surface area contributed by atoms with Crippen LogP contribution in [0.2, 0.25) is 5.02 Å². The normalized spacial score (nSPS) is 16.3. The Morgan fingerprint density at radius 2 is 2.13 bits per heavy atom. The van der Waals surface area contributed by atoms with Crippen LogP contribution < -0.4 is 4.90 Å². The number of anilines is 1. The summed E-state index contributed by atoms with van der Waals surface area (Å²) in [6.07, 6.45) is 3.48. The van der Waals surface area contributed by atoms with E-state index in [1.807, 2.05) is 35.2 Å². The lowest BCUT2D eigenvalue weighted by Gasteiger charge is -2.23. The van der Waals surface area contributed by atoms with Crippen molar-refractivity contribution in [3.05, 3.63) is 53.1 Å². The van der Waals surface area contributed by atoms with Gasteiger partial charge in [-0.3, -0.25) is 9.69 Å². The number of thiazole rings is 1. The molecule has 1 aromatic heterocycles. The summed E-state index contributed by atoms with van der Waals surface area (Å²) in [7, 11) is 0. The largest absolute Gasteiger partial charge is 0.376 e. The molecule has 0 bridgehead atoms. The van der Waals surface area contributed by atoms with Gasteiger partial charge in [-0.1, -0.05) is 29.0 Å². The lowest BCUT2D eigenvalue weighted by Crippen LogP contribution is -2.37. The van der Waals surface area contributed by atoms with Gasteiger partial charge in [0.05, 0.1) is 22.9 Å². The van der Waals surface area contributed by atoms with E-state index >= 15 is 0 Å². The lowest BCUT2D eigenvalue weighted by molar-refractivity contribution is -0.119. The number of amides is 1. The molecule has 0 radical (unpaired) electrons. The van der Waals surface area contributed by atoms with Crippen molar-refractivity contribution in [3.63, 3.8) is 0 Å². The van der Waals surface area contributed by atoms with Crippen LogP contribution in [0.3, 0.4) is 0 Å². The maximum Gasteiger partial charge on any atom is 0.228 e. The van der Waals surface area contributed by atoms with E-state index in [1.54, 1.807) is 23.1 Å². The zero-order chi connectivity index (χ0) is 20.9. The van der Waals surface area contributed by atoms with E-state index in [2.05, 4.69) is 19.1 Å². The van der Waals surface area contributed by atoms with Crippen LogP contribution in [0.5, 0.6) is 0 Å². The van der Waals surface area contributed by atoms with Crippen LogP contribution in [0, 0.1) is 6.92 Å². The molecule has 1 fully saturated rings. The summed E-state index contributed by atoms with van der Waals surface area (Å²) >= 11 is 9.28. The number of benzene rings is 2. The average Bonchev–Trinajstić information content (AvgIpc) is 3.39. The van der Waals surface area contributed by atoms with Crippen molar-refractivity contribution in [2.45, 2.75) is 43.6 Å². The number of ether oxygens (including phenoxy) is 1. The maximum absolute atomic E-state index is 13.1. The number of fused-ring (bicyclic) bond motifs is 1. The number of halogens is 1. The molecule has 1 amide bonds. The molecular formula is C23H25ClN2O2S2. The number of aryl methyl sites for hydroxylation is 1. The lowest BCUT2D eigenvalue weighted by atomic mass is 10.2. The summed E-state index contributed by atoms with van der Waals surface area (Å²) in [6, 6.07) is 14.0. The fourth-order valence-corrected chi connectivity index (χ4v) is 5.56. The van der Waals surface area contributed by atoms with E-state index in [0.29, 0.717) is 13.0 Å². The van der Waals surface area contributed by atoms with Crippen molar-refractivity contribution >= 4 is 56.0 Å². The van der Waals surface area contributed by atoms with Crippen LogP contribution in [-0.4, -0.2) is 35.9 Å². The second kappa shape index (κ2) is 10.1. The summed E-state index contributed by atoms with van der Waals surface area (Å²) in [4.78, 5) is 20.9. The van der Waals surface area contributed by atoms with Crippen LogP contribution in [0.15, 0.2) is 47.4 Å². The number of carbonyl (C=O) groups excluding carboxylic acids is 1. The smallest absolute Gasteiger partial charge is 0.228 e. The fraction of sp³-hybridized carbons (Fsp3) is 0.391. The first kappa shape index (κ1) is 21.6. The van der Waals surface area contributed by atoms with E-state index in [4.69, 9.17) is 21.3 Å². The zero-order valence-corrected chi connectivity index (χ0v) is 19.4. The van der Waals surface area contributed by atoms with Gasteiger partial charge in [0, 0.05) is 22.9 Å². The standard InChI is InChI=1S/C23H25ClN2O2S2/c1-16-6-11-20-21(14-16)30-23(25-20)26(15-18-4-2-12-28-18)22(27)5-3-13-29-19-9-7-17(24)8-10-19/h6-11,14,18H,2-5,12-13,15H2,1H3. The molecule has 0 spiro atoms. The van der Waals surface area contributed by atoms with Crippen LogP contribution in [0.4, 0.5) is 5.13 Å². The van der Waals surface area contributed by atoms with Crippen LogP contribution in [0.1, 0.15) is 31.2 Å². The molecule has 1 aliphatic rings. The quantitative estimate of drug-likeness (QED) is 0.290. The molecule has 1 aliphatic heterocycles. The fourth-order valence-electron chi connectivity index (χ4n) is 3.49. The Morgan fingerprint density at radius 1 is 1.30 bits per heavy atom. The minimum absolute atomic E-state index is 0.103. The predicted molar refractivity (Wildman–Crippen MR) is 127 cm³/mol. The van der Waals surface area contributed by atoms with Crippen LogP contribution in [0.25, 0.3) is 10.2 Å². The highest BCUT2D eigenvalue weighted by Gasteiger charge is 2.25. The van der Waals surface area contributed by atoms with E-state index in [9.17, 15) is 4.79 Å². The molecule has 1 atom stereocenters. The highest BCUT2D eigenvalue weighted by Crippen LogP contribution is 2.31. The van der Waals surface area contributed by atoms with Crippen molar-refractivity contribution in [3.8, 4) is 0 Å². The van der Waals surface area contributed by atoms with Crippen molar-refractivity contribution < 1.29 is 9.53 Å². The predicted octanol–water partition coefficient (Wildman–Crippen LogP) is 6.34. The second-order valence-electron chi connectivity index (χ2n) is 7.51. The summed E-state index contributed by atoms with van der Waals surface area (Å²) in [5, 5.41) is 1.52. The Balaban J connectivity index is 1.41. The third-order valence-electron chi connectivity index (χ3n) is 5.09. The third kappa shape index (κ3) is 5.55. The Morgan fingerprint density at radius 3 is 2.90 bits per heavy atom. The Hall–Kier alpha value is -1.60. The number of hydrogen-bond donors (Lipinski definition) is 0. The molecule has 158 valence electrons. The second-order valence-corrected chi connectivity index (χ2v) is 10.1. The molecule has 1 unspecified atom stereocenters. The van der Waals surface area contributed by atoms with E-state index in [1.165, 1.54) is 10.5 Å². The Labute approximate surface area is 190 Å². The Kier molecular flexibility index (Phi) is 7.31. The number of hydrogen-bond acceptors (Lipinski definition) is 5. The minimum Gasteiger partial charge on any atom is -0.376 e. The van der Waals surface area contributed by atoms with Gasteiger partial charge >= 0.3 is 0 Å². The van der Waals surface area contributed by atoms with E-state index < -0.39 is 0 Å². The average molecular weight is 461 g/mol. The number of rotatable bonds is 8. The molecule has 0 N–H and O–H groups in total. The first-order valence-corrected chi connectivity index (χ1v) is 12.4. The van der Waals surface area contributed by atoms with Gasteiger partial charge in [-0.05, 0) is 73.9 Å².